The number of nitrogens with zero attached hydrogens (tertiary/aromatic N) is 1. The van der Waals surface area contributed by atoms with Crippen molar-refractivity contribution in [2.24, 2.45) is 0 Å². The van der Waals surface area contributed by atoms with E-state index in [0.717, 1.165) is 44.7 Å². The van der Waals surface area contributed by atoms with E-state index in [0.29, 0.717) is 23.1 Å². The number of benzene rings is 1. The second-order valence-corrected chi connectivity index (χ2v) is 8.12. The summed E-state index contributed by atoms with van der Waals surface area (Å²) in [5.41, 5.74) is 0.829. The van der Waals surface area contributed by atoms with Crippen LogP contribution in [0.4, 0.5) is 0 Å². The molecule has 1 aromatic carbocycles. The third-order valence-electron chi connectivity index (χ3n) is 6.01. The van der Waals surface area contributed by atoms with E-state index in [2.05, 4.69) is 10.2 Å². The predicted molar refractivity (Wildman–Crippen MR) is 110 cm³/mol. The molecule has 2 heterocycles. The van der Waals surface area contributed by atoms with Gasteiger partial charge in [0, 0.05) is 30.7 Å². The van der Waals surface area contributed by atoms with Crippen LogP contribution in [-0.2, 0) is 4.74 Å². The Hall–Kier alpha value is -1.82. The van der Waals surface area contributed by atoms with Crippen LogP contribution in [0.5, 0.6) is 0 Å². The van der Waals surface area contributed by atoms with Gasteiger partial charge in [0.1, 0.15) is 5.76 Å². The summed E-state index contributed by atoms with van der Waals surface area (Å²) in [6, 6.07) is 11.0. The quantitative estimate of drug-likeness (QED) is 0.807. The molecule has 1 saturated heterocycles. The summed E-state index contributed by atoms with van der Waals surface area (Å²) < 4.78 is 11.3. The molecule has 0 unspecified atom stereocenters. The van der Waals surface area contributed by atoms with Gasteiger partial charge in [0.15, 0.2) is 5.76 Å². The molecule has 1 amide bonds. The molecule has 0 bridgehead atoms. The molecule has 2 aromatic rings. The van der Waals surface area contributed by atoms with E-state index in [1.807, 2.05) is 24.3 Å². The van der Waals surface area contributed by atoms with Crippen molar-refractivity contribution in [3.63, 3.8) is 0 Å². The number of hydrogen-bond acceptors (Lipinski definition) is 4. The molecule has 1 saturated carbocycles. The summed E-state index contributed by atoms with van der Waals surface area (Å²) in [5, 5.41) is 3.75. The number of ether oxygens (including phenoxy) is 1. The smallest absolute Gasteiger partial charge is 0.287 e. The third kappa shape index (κ3) is 4.12. The molecule has 0 atom stereocenters. The molecule has 1 aliphatic carbocycles. The second kappa shape index (κ2) is 8.68. The number of carbonyl (C=O) groups is 1. The van der Waals surface area contributed by atoms with Crippen molar-refractivity contribution in [2.45, 2.75) is 37.6 Å². The SMILES string of the molecule is O=C(NCC1(N2CCOCC2)CCCCC1)c1ccc(-c2ccccc2Cl)o1. The van der Waals surface area contributed by atoms with Crippen LogP contribution in [0.25, 0.3) is 11.3 Å². The first-order valence-corrected chi connectivity index (χ1v) is 10.5. The van der Waals surface area contributed by atoms with Crippen molar-refractivity contribution < 1.29 is 13.9 Å². The molecule has 150 valence electrons. The zero-order chi connectivity index (χ0) is 19.4. The second-order valence-electron chi connectivity index (χ2n) is 7.71. The van der Waals surface area contributed by atoms with Crippen LogP contribution in [0.2, 0.25) is 5.02 Å². The van der Waals surface area contributed by atoms with E-state index in [9.17, 15) is 4.79 Å². The minimum atomic E-state index is -0.170. The summed E-state index contributed by atoms with van der Waals surface area (Å²) in [5.74, 6) is 0.760. The summed E-state index contributed by atoms with van der Waals surface area (Å²) in [7, 11) is 0. The molecule has 5 nitrogen and oxygen atoms in total. The normalized spacial score (nSPS) is 20.0. The van der Waals surface area contributed by atoms with Gasteiger partial charge >= 0.3 is 0 Å². The Morgan fingerprint density at radius 1 is 1.07 bits per heavy atom. The molecule has 0 radical (unpaired) electrons. The van der Waals surface area contributed by atoms with Gasteiger partial charge in [0.05, 0.1) is 18.2 Å². The third-order valence-corrected chi connectivity index (χ3v) is 6.34. The maximum atomic E-state index is 12.8. The van der Waals surface area contributed by atoms with Gasteiger partial charge < -0.3 is 14.5 Å². The molecule has 1 aliphatic heterocycles. The average Bonchev–Trinajstić information content (AvgIpc) is 3.24. The van der Waals surface area contributed by atoms with Crippen molar-refractivity contribution in [3.05, 3.63) is 47.2 Å². The standard InChI is InChI=1S/C22H27ClN2O3/c23-18-7-3-2-6-17(18)19-8-9-20(28-19)21(26)24-16-22(10-4-1-5-11-22)25-12-14-27-15-13-25/h2-3,6-9H,1,4-5,10-16H2,(H,24,26). The van der Waals surface area contributed by atoms with Crippen molar-refractivity contribution in [2.75, 3.05) is 32.8 Å². The monoisotopic (exact) mass is 402 g/mol. The van der Waals surface area contributed by atoms with Crippen LogP contribution < -0.4 is 5.32 Å². The fourth-order valence-corrected chi connectivity index (χ4v) is 4.68. The van der Waals surface area contributed by atoms with Crippen LogP contribution in [0.15, 0.2) is 40.8 Å². The zero-order valence-electron chi connectivity index (χ0n) is 16.1. The Morgan fingerprint density at radius 2 is 1.82 bits per heavy atom. The van der Waals surface area contributed by atoms with Crippen molar-refractivity contribution in [1.29, 1.82) is 0 Å². The van der Waals surface area contributed by atoms with E-state index in [1.165, 1.54) is 19.3 Å². The average molecular weight is 403 g/mol. The predicted octanol–water partition coefficient (Wildman–Crippen LogP) is 4.36. The van der Waals surface area contributed by atoms with Gasteiger partial charge in [-0.05, 0) is 37.1 Å². The largest absolute Gasteiger partial charge is 0.451 e. The Balaban J connectivity index is 1.45. The maximum absolute atomic E-state index is 12.8. The number of amides is 1. The van der Waals surface area contributed by atoms with Gasteiger partial charge in [0.25, 0.3) is 5.91 Å². The van der Waals surface area contributed by atoms with Crippen LogP contribution in [0.1, 0.15) is 42.7 Å². The highest BCUT2D eigenvalue weighted by atomic mass is 35.5. The number of halogens is 1. The number of rotatable bonds is 5. The highest BCUT2D eigenvalue weighted by Gasteiger charge is 2.39. The molecule has 4 rings (SSSR count). The maximum Gasteiger partial charge on any atom is 0.287 e. The van der Waals surface area contributed by atoms with Crippen LogP contribution in [0.3, 0.4) is 0 Å². The van der Waals surface area contributed by atoms with Crippen molar-refractivity contribution >= 4 is 17.5 Å². The van der Waals surface area contributed by atoms with Gasteiger partial charge in [-0.15, -0.1) is 0 Å². The first kappa shape index (κ1) is 19.5. The molecule has 6 heteroatoms. The topological polar surface area (TPSA) is 54.7 Å². The lowest BCUT2D eigenvalue weighted by Crippen LogP contribution is -2.59. The van der Waals surface area contributed by atoms with E-state index >= 15 is 0 Å². The first-order valence-electron chi connectivity index (χ1n) is 10.1. The summed E-state index contributed by atoms with van der Waals surface area (Å²) >= 11 is 6.24. The van der Waals surface area contributed by atoms with Gasteiger partial charge in [-0.1, -0.05) is 43.0 Å². The number of furan rings is 1. The Kier molecular flexibility index (Phi) is 6.04. The van der Waals surface area contributed by atoms with Crippen LogP contribution in [0, 0.1) is 0 Å². The molecule has 2 aliphatic rings. The molecule has 0 spiro atoms. The lowest BCUT2D eigenvalue weighted by molar-refractivity contribution is -0.0362. The highest BCUT2D eigenvalue weighted by molar-refractivity contribution is 6.33. The summed E-state index contributed by atoms with van der Waals surface area (Å²) in [4.78, 5) is 15.3. The van der Waals surface area contributed by atoms with Crippen LogP contribution in [-0.4, -0.2) is 49.2 Å². The highest BCUT2D eigenvalue weighted by Crippen LogP contribution is 2.34. The van der Waals surface area contributed by atoms with Gasteiger partial charge in [-0.3, -0.25) is 9.69 Å². The van der Waals surface area contributed by atoms with E-state index in [1.54, 1.807) is 12.1 Å². The summed E-state index contributed by atoms with van der Waals surface area (Å²) in [6.45, 7) is 4.07. The van der Waals surface area contributed by atoms with Gasteiger partial charge in [-0.2, -0.15) is 0 Å². The lowest BCUT2D eigenvalue weighted by Gasteiger charge is -2.48. The number of nitrogens with one attached hydrogen (secondary N) is 1. The fraction of sp³-hybridized carbons (Fsp3) is 0.500. The molecular formula is C22H27ClN2O3. The minimum Gasteiger partial charge on any atom is -0.451 e. The zero-order valence-corrected chi connectivity index (χ0v) is 16.8. The summed E-state index contributed by atoms with van der Waals surface area (Å²) in [6.07, 6.45) is 5.95. The van der Waals surface area contributed by atoms with Gasteiger partial charge in [0.2, 0.25) is 0 Å². The molecular weight excluding hydrogens is 376 g/mol. The minimum absolute atomic E-state index is 0.0376. The molecule has 2 fully saturated rings. The van der Waals surface area contributed by atoms with E-state index in [-0.39, 0.29) is 11.4 Å². The number of hydrogen-bond donors (Lipinski definition) is 1. The molecule has 1 N–H and O–H groups in total. The molecule has 28 heavy (non-hydrogen) atoms. The van der Waals surface area contributed by atoms with Crippen molar-refractivity contribution in [3.8, 4) is 11.3 Å². The van der Waals surface area contributed by atoms with Gasteiger partial charge in [-0.25, -0.2) is 0 Å². The Labute approximate surface area is 171 Å². The fourth-order valence-electron chi connectivity index (χ4n) is 4.45. The molecule has 1 aromatic heterocycles. The van der Waals surface area contributed by atoms with Crippen molar-refractivity contribution in [1.82, 2.24) is 10.2 Å². The van der Waals surface area contributed by atoms with E-state index < -0.39 is 0 Å². The lowest BCUT2D eigenvalue weighted by atomic mass is 9.79. The Bertz CT molecular complexity index is 808. The Morgan fingerprint density at radius 3 is 2.57 bits per heavy atom. The number of carbonyl (C=O) groups excluding carboxylic acids is 1. The number of morpholine rings is 1. The van der Waals surface area contributed by atoms with E-state index in [4.69, 9.17) is 20.8 Å². The van der Waals surface area contributed by atoms with Crippen LogP contribution >= 0.6 is 11.6 Å². The first-order chi connectivity index (χ1) is 13.7.